The van der Waals surface area contributed by atoms with Gasteiger partial charge in [0.05, 0.1) is 0 Å². The van der Waals surface area contributed by atoms with Crippen molar-refractivity contribution < 1.29 is 13.4 Å². The van der Waals surface area contributed by atoms with Crippen molar-refractivity contribution in [3.8, 4) is 0 Å². The Morgan fingerprint density at radius 2 is 2.38 bits per heavy atom. The Morgan fingerprint density at radius 3 is 2.75 bits per heavy atom. The van der Waals surface area contributed by atoms with Gasteiger partial charge in [-0.25, -0.2) is 4.39 Å². The molecule has 1 radical (unpaired) electrons. The standard InChI is InChI=1S/C3BF2NO/c5-2-1-7-4-8-3(2)6/q-1. The molecule has 1 aliphatic heterocycles. The van der Waals surface area contributed by atoms with Crippen LogP contribution in [0.1, 0.15) is 0 Å². The van der Waals surface area contributed by atoms with Gasteiger partial charge in [0.25, 0.3) is 0 Å². The summed E-state index contributed by atoms with van der Waals surface area (Å²) in [4.78, 5) is 3.04. The Labute approximate surface area is 45.2 Å². The molecule has 0 unspecified atom stereocenters. The molecule has 0 atom stereocenters. The molecule has 0 bridgehead atoms. The summed E-state index contributed by atoms with van der Waals surface area (Å²) in [7, 11) is 0.762. The highest BCUT2D eigenvalue weighted by Crippen LogP contribution is 2.09. The predicted octanol–water partition coefficient (Wildman–Crippen LogP) is 0.607. The fraction of sp³-hybridized carbons (Fsp3) is 0. The third-order valence-electron chi connectivity index (χ3n) is 0.544. The largest absolute Gasteiger partial charge is 0.613 e. The van der Waals surface area contributed by atoms with Crippen molar-refractivity contribution in [3.63, 3.8) is 0 Å². The maximum atomic E-state index is 11.7. The van der Waals surface area contributed by atoms with Crippen LogP contribution >= 0.6 is 0 Å². The Balaban J connectivity index is 2.76. The molecule has 0 aromatic rings. The van der Waals surface area contributed by atoms with Crippen molar-refractivity contribution >= 4 is 13.8 Å². The zero-order valence-corrected chi connectivity index (χ0v) is 3.69. The SMILES string of the molecule is FC1=C(F)O[B]N=[C-]1. The topological polar surface area (TPSA) is 21.6 Å². The minimum atomic E-state index is -1.29. The van der Waals surface area contributed by atoms with Crippen LogP contribution in [0.2, 0.25) is 0 Å². The van der Waals surface area contributed by atoms with E-state index in [1.165, 1.54) is 0 Å². The van der Waals surface area contributed by atoms with Crippen LogP contribution in [0, 0.1) is 0 Å². The lowest BCUT2D eigenvalue weighted by molar-refractivity contribution is 0.293. The van der Waals surface area contributed by atoms with E-state index in [0.717, 1.165) is 7.62 Å². The minimum absolute atomic E-state index is 0.762. The third-order valence-corrected chi connectivity index (χ3v) is 0.544. The molecule has 0 saturated heterocycles. The second-order valence-electron chi connectivity index (χ2n) is 1.05. The summed E-state index contributed by atoms with van der Waals surface area (Å²) in [5.74, 6) is -1.20. The van der Waals surface area contributed by atoms with Crippen molar-refractivity contribution in [2.24, 2.45) is 4.90 Å². The lowest BCUT2D eigenvalue weighted by atomic mass is 10.3. The van der Waals surface area contributed by atoms with Crippen molar-refractivity contribution in [2.45, 2.75) is 0 Å². The van der Waals surface area contributed by atoms with E-state index in [9.17, 15) is 8.78 Å². The first-order valence-corrected chi connectivity index (χ1v) is 1.80. The Bertz CT molecular complexity index is 155. The monoisotopic (exact) mass is 115 g/mol. The molecular weight excluding hydrogens is 115 g/mol. The fourth-order valence-electron chi connectivity index (χ4n) is 0.251. The van der Waals surface area contributed by atoms with Gasteiger partial charge in [-0.2, -0.15) is 0 Å². The molecule has 5 heteroatoms. The first kappa shape index (κ1) is 5.28. The Hall–Kier alpha value is -0.865. The van der Waals surface area contributed by atoms with Gasteiger partial charge in [-0.1, -0.05) is 0 Å². The predicted molar refractivity (Wildman–Crippen MR) is 23.5 cm³/mol. The van der Waals surface area contributed by atoms with Gasteiger partial charge < -0.3 is 9.56 Å². The van der Waals surface area contributed by atoms with Gasteiger partial charge in [-0.05, 0) is 0 Å². The second-order valence-corrected chi connectivity index (χ2v) is 1.05. The minimum Gasteiger partial charge on any atom is -0.613 e. The molecule has 1 heterocycles. The van der Waals surface area contributed by atoms with Crippen LogP contribution in [0.25, 0.3) is 0 Å². The lowest BCUT2D eigenvalue weighted by Gasteiger charge is -2.12. The zero-order chi connectivity index (χ0) is 5.98. The van der Waals surface area contributed by atoms with Crippen LogP contribution in [0.3, 0.4) is 0 Å². The van der Waals surface area contributed by atoms with E-state index in [-0.39, 0.29) is 0 Å². The van der Waals surface area contributed by atoms with Gasteiger partial charge in [-0.15, -0.1) is 6.21 Å². The molecule has 0 spiro atoms. The van der Waals surface area contributed by atoms with Crippen LogP contribution in [0.15, 0.2) is 16.7 Å². The van der Waals surface area contributed by atoms with E-state index in [1.807, 2.05) is 0 Å². The zero-order valence-electron chi connectivity index (χ0n) is 3.69. The van der Waals surface area contributed by atoms with E-state index in [0.29, 0.717) is 0 Å². The summed E-state index contributed by atoms with van der Waals surface area (Å²) < 4.78 is 27.3. The summed E-state index contributed by atoms with van der Waals surface area (Å²) in [6.07, 6.45) is 1.71. The van der Waals surface area contributed by atoms with Crippen molar-refractivity contribution in [1.29, 1.82) is 0 Å². The van der Waals surface area contributed by atoms with Crippen LogP contribution in [-0.4, -0.2) is 13.8 Å². The number of rotatable bonds is 0. The number of nitrogens with zero attached hydrogens (tertiary/aromatic N) is 1. The van der Waals surface area contributed by atoms with E-state index in [4.69, 9.17) is 0 Å². The van der Waals surface area contributed by atoms with Gasteiger partial charge in [0.2, 0.25) is 0 Å². The third kappa shape index (κ3) is 0.855. The highest BCUT2D eigenvalue weighted by molar-refractivity contribution is 6.28. The highest BCUT2D eigenvalue weighted by atomic mass is 19.2. The number of hydrogen-bond donors (Lipinski definition) is 0. The molecule has 0 N–H and O–H groups in total. The molecule has 1 aliphatic rings. The first-order chi connectivity index (χ1) is 3.80. The molecule has 0 aliphatic carbocycles. The van der Waals surface area contributed by atoms with Crippen LogP contribution in [0.5, 0.6) is 0 Å². The summed E-state index contributed by atoms with van der Waals surface area (Å²) in [5.41, 5.74) is 0. The van der Waals surface area contributed by atoms with Gasteiger partial charge in [0.1, 0.15) is 6.01 Å². The Kier molecular flexibility index (Phi) is 1.28. The number of hydrogen-bond acceptors (Lipinski definition) is 2. The average molecular weight is 115 g/mol. The molecule has 2 nitrogen and oxygen atoms in total. The molecule has 41 valence electrons. The highest BCUT2D eigenvalue weighted by Gasteiger charge is 1.96. The molecular formula is C3BF2NO-. The fourth-order valence-corrected chi connectivity index (χ4v) is 0.251. The first-order valence-electron chi connectivity index (χ1n) is 1.80. The van der Waals surface area contributed by atoms with E-state index >= 15 is 0 Å². The summed E-state index contributed by atoms with van der Waals surface area (Å²) in [6.45, 7) is 0. The molecule has 0 aromatic carbocycles. The second kappa shape index (κ2) is 1.94. The van der Waals surface area contributed by atoms with Crippen molar-refractivity contribution in [1.82, 2.24) is 0 Å². The van der Waals surface area contributed by atoms with Crippen molar-refractivity contribution in [2.75, 3.05) is 0 Å². The van der Waals surface area contributed by atoms with Crippen LogP contribution < -0.4 is 0 Å². The van der Waals surface area contributed by atoms with E-state index in [1.54, 1.807) is 6.21 Å². The van der Waals surface area contributed by atoms with Crippen LogP contribution in [-0.2, 0) is 4.65 Å². The van der Waals surface area contributed by atoms with E-state index < -0.39 is 11.8 Å². The molecule has 1 rings (SSSR count). The average Bonchev–Trinajstić information content (AvgIpc) is 1.77. The number of allylic oxidation sites excluding steroid dienone is 1. The smallest absolute Gasteiger partial charge is 0.502 e. The lowest BCUT2D eigenvalue weighted by Crippen LogP contribution is -2.01. The molecule has 8 heavy (non-hydrogen) atoms. The van der Waals surface area contributed by atoms with Gasteiger partial charge in [0, 0.05) is 5.83 Å². The normalized spacial score (nSPS) is 17.8. The van der Waals surface area contributed by atoms with Gasteiger partial charge in [0.15, 0.2) is 0 Å². The molecule has 0 saturated carbocycles. The van der Waals surface area contributed by atoms with Crippen LogP contribution in [0.4, 0.5) is 8.78 Å². The summed E-state index contributed by atoms with van der Waals surface area (Å²) in [6, 6.07) is -1.29. The number of halogens is 2. The molecule has 0 amide bonds. The molecule has 0 fully saturated rings. The maximum absolute atomic E-state index is 11.7. The quantitative estimate of drug-likeness (QED) is 0.334. The summed E-state index contributed by atoms with van der Waals surface area (Å²) >= 11 is 0. The Morgan fingerprint density at radius 1 is 1.62 bits per heavy atom. The van der Waals surface area contributed by atoms with Crippen molar-refractivity contribution in [3.05, 3.63) is 11.8 Å². The van der Waals surface area contributed by atoms with Gasteiger partial charge in [-0.3, -0.25) is 4.39 Å². The maximum Gasteiger partial charge on any atom is 0.502 e. The molecule has 0 aromatic heterocycles. The van der Waals surface area contributed by atoms with E-state index in [2.05, 4.69) is 9.56 Å². The summed E-state index contributed by atoms with van der Waals surface area (Å²) in [5, 5.41) is 0. The van der Waals surface area contributed by atoms with Gasteiger partial charge >= 0.3 is 7.62 Å².